The molecule has 1 aliphatic heterocycles. The van der Waals surface area contributed by atoms with Crippen LogP contribution in [0.3, 0.4) is 0 Å². The quantitative estimate of drug-likeness (QED) is 0.693. The summed E-state index contributed by atoms with van der Waals surface area (Å²) in [7, 11) is -5.74. The average Bonchev–Trinajstić information content (AvgIpc) is 3.16. The van der Waals surface area contributed by atoms with Crippen molar-refractivity contribution in [2.45, 2.75) is 37.4 Å². The third-order valence-corrected chi connectivity index (χ3v) is 6.11. The Morgan fingerprint density at radius 2 is 1.93 bits per heavy atom. The topological polar surface area (TPSA) is 123 Å². The van der Waals surface area contributed by atoms with Crippen molar-refractivity contribution in [1.82, 2.24) is 24.6 Å². The maximum atomic E-state index is 13.0. The fraction of sp³-hybridized carbons (Fsp3) is 0.353. The largest absolute Gasteiger partial charge is 0.516 e. The van der Waals surface area contributed by atoms with Gasteiger partial charge in [-0.2, -0.15) is 21.6 Å². The van der Waals surface area contributed by atoms with E-state index in [2.05, 4.69) is 15.6 Å². The molecule has 2 atom stereocenters. The maximum Gasteiger partial charge on any atom is 0.516 e. The molecule has 1 amide bonds. The summed E-state index contributed by atoms with van der Waals surface area (Å²) in [4.78, 5) is 12.1. The van der Waals surface area contributed by atoms with Gasteiger partial charge in [0.2, 0.25) is 5.91 Å². The second kappa shape index (κ2) is 8.07. The van der Waals surface area contributed by atoms with Gasteiger partial charge in [0, 0.05) is 24.9 Å². The molecular formula is C17H19F3N6O3S. The van der Waals surface area contributed by atoms with E-state index in [1.54, 1.807) is 12.1 Å². The van der Waals surface area contributed by atoms with E-state index in [1.807, 2.05) is 19.1 Å². The Labute approximate surface area is 170 Å². The molecule has 0 fully saturated rings. The normalized spacial score (nSPS) is 18.4. The van der Waals surface area contributed by atoms with Gasteiger partial charge in [-0.1, -0.05) is 24.3 Å². The van der Waals surface area contributed by atoms with Crippen LogP contribution in [0.1, 0.15) is 30.6 Å². The molecule has 0 spiro atoms. The summed E-state index contributed by atoms with van der Waals surface area (Å²) in [5, 5.41) is 9.96. The Balaban J connectivity index is 1.83. The number of halogens is 3. The van der Waals surface area contributed by atoms with E-state index in [0.29, 0.717) is 11.9 Å². The van der Waals surface area contributed by atoms with Crippen molar-refractivity contribution < 1.29 is 26.4 Å². The molecule has 30 heavy (non-hydrogen) atoms. The van der Waals surface area contributed by atoms with E-state index >= 15 is 0 Å². The van der Waals surface area contributed by atoms with Gasteiger partial charge in [-0.3, -0.25) is 9.10 Å². The van der Waals surface area contributed by atoms with E-state index in [-0.39, 0.29) is 16.0 Å². The van der Waals surface area contributed by atoms with Crippen molar-refractivity contribution in [3.8, 4) is 5.69 Å². The van der Waals surface area contributed by atoms with Crippen molar-refractivity contribution in [3.63, 3.8) is 0 Å². The molecule has 3 rings (SSSR count). The van der Waals surface area contributed by atoms with Crippen molar-refractivity contribution in [3.05, 3.63) is 54.1 Å². The van der Waals surface area contributed by atoms with Gasteiger partial charge in [0.05, 0.1) is 17.6 Å². The Bertz CT molecular complexity index is 1050. The van der Waals surface area contributed by atoms with Gasteiger partial charge in [-0.05, 0) is 24.1 Å². The molecule has 0 saturated carbocycles. The number of carbonyl (C=O) groups excluding carboxylic acids is 1. The summed E-state index contributed by atoms with van der Waals surface area (Å²) in [6.07, 6.45) is 3.28. The second-order valence-electron chi connectivity index (χ2n) is 6.59. The summed E-state index contributed by atoms with van der Waals surface area (Å²) in [6, 6.07) is 5.38. The summed E-state index contributed by atoms with van der Waals surface area (Å²) in [5.41, 5.74) is 2.11. The molecule has 1 aromatic heterocycles. The molecule has 3 N–H and O–H groups in total. The molecule has 0 saturated heterocycles. The van der Waals surface area contributed by atoms with Crippen molar-refractivity contribution >= 4 is 15.9 Å². The van der Waals surface area contributed by atoms with E-state index in [4.69, 9.17) is 5.73 Å². The van der Waals surface area contributed by atoms with Gasteiger partial charge in [0.15, 0.2) is 0 Å². The Hall–Kier alpha value is -2.93. The first-order chi connectivity index (χ1) is 14.0. The minimum atomic E-state index is -5.74. The lowest BCUT2D eigenvalue weighted by atomic mass is 10.1. The highest BCUT2D eigenvalue weighted by atomic mass is 32.2. The van der Waals surface area contributed by atoms with Crippen LogP contribution < -0.4 is 11.1 Å². The van der Waals surface area contributed by atoms with Crippen LogP contribution >= 0.6 is 0 Å². The van der Waals surface area contributed by atoms with Gasteiger partial charge in [0.1, 0.15) is 6.04 Å². The minimum Gasteiger partial charge on any atom is -0.329 e. The van der Waals surface area contributed by atoms with Crippen LogP contribution in [0.2, 0.25) is 0 Å². The van der Waals surface area contributed by atoms with E-state index in [9.17, 15) is 26.4 Å². The first-order valence-corrected chi connectivity index (χ1v) is 10.3. The lowest BCUT2D eigenvalue weighted by molar-refractivity contribution is -0.124. The highest BCUT2D eigenvalue weighted by Gasteiger charge is 2.52. The third-order valence-electron chi connectivity index (χ3n) is 4.60. The van der Waals surface area contributed by atoms with E-state index < -0.39 is 33.9 Å². The fourth-order valence-corrected chi connectivity index (χ4v) is 3.85. The lowest BCUT2D eigenvalue weighted by Gasteiger charge is -2.31. The van der Waals surface area contributed by atoms with Gasteiger partial charge in [0.25, 0.3) is 0 Å². The molecule has 2 heterocycles. The van der Waals surface area contributed by atoms with Crippen molar-refractivity contribution in [1.29, 1.82) is 0 Å². The zero-order valence-electron chi connectivity index (χ0n) is 15.7. The number of nitrogens with zero attached hydrogens (tertiary/aromatic N) is 4. The molecule has 9 nitrogen and oxygen atoms in total. The van der Waals surface area contributed by atoms with Crippen LogP contribution in [0.5, 0.6) is 0 Å². The zero-order valence-corrected chi connectivity index (χ0v) is 16.6. The molecule has 0 bridgehead atoms. The number of rotatable bonds is 6. The number of alkyl halides is 3. The number of hydrogen-bond donors (Lipinski definition) is 2. The fourth-order valence-electron chi connectivity index (χ4n) is 2.88. The summed E-state index contributed by atoms with van der Waals surface area (Å²) in [6.45, 7) is 1.96. The minimum absolute atomic E-state index is 0.00815. The van der Waals surface area contributed by atoms with Crippen LogP contribution in [-0.4, -0.2) is 45.2 Å². The lowest BCUT2D eigenvalue weighted by Crippen LogP contribution is -2.53. The predicted octanol–water partition coefficient (Wildman–Crippen LogP) is 1.34. The van der Waals surface area contributed by atoms with Crippen molar-refractivity contribution in [2.24, 2.45) is 5.73 Å². The first-order valence-electron chi connectivity index (χ1n) is 8.88. The van der Waals surface area contributed by atoms with Crippen LogP contribution in [0, 0.1) is 0 Å². The second-order valence-corrected chi connectivity index (χ2v) is 8.42. The molecule has 0 radical (unpaired) electrons. The van der Waals surface area contributed by atoms with E-state index in [1.165, 1.54) is 10.9 Å². The van der Waals surface area contributed by atoms with Crippen LogP contribution in [-0.2, 0) is 21.2 Å². The number of benzene rings is 1. The average molecular weight is 444 g/mol. The number of hydrogen-bond acceptors (Lipinski definition) is 6. The summed E-state index contributed by atoms with van der Waals surface area (Å²) >= 11 is 0. The highest BCUT2D eigenvalue weighted by molar-refractivity contribution is 7.90. The van der Waals surface area contributed by atoms with Gasteiger partial charge in [-0.15, -0.1) is 5.10 Å². The van der Waals surface area contributed by atoms with Gasteiger partial charge < -0.3 is 11.1 Å². The molecule has 2 aromatic rings. The zero-order chi connectivity index (χ0) is 22.1. The summed E-state index contributed by atoms with van der Waals surface area (Å²) < 4.78 is 63.9. The molecule has 13 heteroatoms. The number of aromatic nitrogens is 3. The van der Waals surface area contributed by atoms with Crippen molar-refractivity contribution in [2.75, 3.05) is 0 Å². The molecule has 162 valence electrons. The first kappa shape index (κ1) is 21.8. The number of carbonyl (C=O) groups is 1. The Morgan fingerprint density at radius 1 is 1.27 bits per heavy atom. The molecule has 0 aliphatic carbocycles. The van der Waals surface area contributed by atoms with E-state index in [0.717, 1.165) is 18.2 Å². The smallest absolute Gasteiger partial charge is 0.329 e. The number of amides is 1. The van der Waals surface area contributed by atoms with Gasteiger partial charge >= 0.3 is 15.5 Å². The Kier molecular flexibility index (Phi) is 5.85. The standard InChI is InChI=1S/C17H19F3N6O3S/c1-2-14(21)11-3-5-13(6-4-11)25-10-12(23-24-25)9-15-16(27)22-7-8-26(15)30(28,29)17(18,19)20/h3-8,10,14-15H,2,9,21H2,1H3,(H,22,27). The van der Waals surface area contributed by atoms with Crippen LogP contribution in [0.15, 0.2) is 42.9 Å². The molecule has 1 aliphatic rings. The third kappa shape index (κ3) is 4.16. The number of nitrogens with two attached hydrogens (primary N) is 1. The monoisotopic (exact) mass is 444 g/mol. The molecular weight excluding hydrogens is 425 g/mol. The molecule has 1 aromatic carbocycles. The highest BCUT2D eigenvalue weighted by Crippen LogP contribution is 2.30. The molecule has 2 unspecified atom stereocenters. The Morgan fingerprint density at radius 3 is 2.53 bits per heavy atom. The van der Waals surface area contributed by atoms with Crippen LogP contribution in [0.4, 0.5) is 13.2 Å². The maximum absolute atomic E-state index is 13.0. The number of nitrogens with one attached hydrogen (secondary N) is 1. The summed E-state index contributed by atoms with van der Waals surface area (Å²) in [5.74, 6) is -0.905. The number of sulfonamides is 1. The van der Waals surface area contributed by atoms with Crippen LogP contribution in [0.25, 0.3) is 5.69 Å². The predicted molar refractivity (Wildman–Crippen MR) is 100 cm³/mol. The SMILES string of the molecule is CCC(N)c1ccc(-n2cc(CC3C(=O)NC=CN3S(=O)(=O)C(F)(F)F)nn2)cc1. The van der Waals surface area contributed by atoms with Gasteiger partial charge in [-0.25, -0.2) is 4.68 Å².